The highest BCUT2D eigenvalue weighted by Crippen LogP contribution is 2.21. The Balaban J connectivity index is 3.07. The smallest absolute Gasteiger partial charge is 0.171 e. The summed E-state index contributed by atoms with van der Waals surface area (Å²) in [6.07, 6.45) is 5.37. The molecule has 0 radical (unpaired) electrons. The molecule has 0 aromatic carbocycles. The summed E-state index contributed by atoms with van der Waals surface area (Å²) in [7, 11) is 0. The van der Waals surface area contributed by atoms with Crippen LogP contribution in [0.2, 0.25) is 5.15 Å². The van der Waals surface area contributed by atoms with Crippen LogP contribution in [0.3, 0.4) is 0 Å². The lowest BCUT2D eigenvalue weighted by atomic mass is 10.1. The van der Waals surface area contributed by atoms with Crippen LogP contribution in [0.25, 0.3) is 0 Å². The molecule has 0 aliphatic rings. The first-order valence-electron chi connectivity index (χ1n) is 4.62. The maximum atomic E-state index is 5.96. The van der Waals surface area contributed by atoms with E-state index in [9.17, 15) is 0 Å². The van der Waals surface area contributed by atoms with Crippen LogP contribution >= 0.6 is 11.6 Å². The number of aryl methyl sites for hydroxylation is 2. The van der Waals surface area contributed by atoms with Crippen molar-refractivity contribution >= 4 is 17.4 Å². The van der Waals surface area contributed by atoms with Gasteiger partial charge in [-0.3, -0.25) is 0 Å². The zero-order chi connectivity index (χ0) is 11.6. The minimum Gasteiger partial charge on any atom is -0.352 e. The molecule has 1 aromatic heterocycles. The summed E-state index contributed by atoms with van der Waals surface area (Å²) in [4.78, 5) is 8.47. The maximum Gasteiger partial charge on any atom is 0.171 e. The van der Waals surface area contributed by atoms with Crippen molar-refractivity contribution in [2.24, 2.45) is 0 Å². The van der Waals surface area contributed by atoms with Crippen molar-refractivity contribution in [2.45, 2.75) is 33.2 Å². The van der Waals surface area contributed by atoms with Crippen molar-refractivity contribution in [2.75, 3.05) is 5.32 Å². The number of terminal acetylenes is 1. The number of nitrogens with one attached hydrogen (secondary N) is 1. The monoisotopic (exact) mass is 223 g/mol. The van der Waals surface area contributed by atoms with Gasteiger partial charge in [0.1, 0.15) is 0 Å². The lowest BCUT2D eigenvalue weighted by molar-refractivity contribution is 0.733. The SMILES string of the molecule is C#CC(C)(C)Nc1nc(C)c(C)nc1Cl. The summed E-state index contributed by atoms with van der Waals surface area (Å²) in [5.41, 5.74) is 1.18. The van der Waals surface area contributed by atoms with Gasteiger partial charge in [-0.25, -0.2) is 9.97 Å². The van der Waals surface area contributed by atoms with Gasteiger partial charge in [-0.2, -0.15) is 0 Å². The van der Waals surface area contributed by atoms with Crippen molar-refractivity contribution < 1.29 is 0 Å². The molecule has 1 aromatic rings. The first-order chi connectivity index (χ1) is 6.85. The van der Waals surface area contributed by atoms with E-state index in [4.69, 9.17) is 18.0 Å². The summed E-state index contributed by atoms with van der Waals surface area (Å²) in [5, 5.41) is 3.41. The van der Waals surface area contributed by atoms with Crippen LogP contribution in [0.4, 0.5) is 5.82 Å². The zero-order valence-corrected chi connectivity index (χ0v) is 10.1. The number of aromatic nitrogens is 2. The molecule has 0 saturated carbocycles. The summed E-state index contributed by atoms with van der Waals surface area (Å²) in [5.74, 6) is 3.14. The van der Waals surface area contributed by atoms with Crippen molar-refractivity contribution in [1.82, 2.24) is 9.97 Å². The Kier molecular flexibility index (Phi) is 3.21. The van der Waals surface area contributed by atoms with Gasteiger partial charge in [0, 0.05) is 0 Å². The number of halogens is 1. The van der Waals surface area contributed by atoms with E-state index in [1.807, 2.05) is 27.7 Å². The fourth-order valence-electron chi connectivity index (χ4n) is 0.987. The Labute approximate surface area is 95.3 Å². The standard InChI is InChI=1S/C11H14ClN3/c1-6-11(4,5)15-10-9(12)13-7(2)8(3)14-10/h1H,2-5H3,(H,14,15). The Morgan fingerprint density at radius 2 is 1.80 bits per heavy atom. The number of nitrogens with zero attached hydrogens (tertiary/aromatic N) is 2. The van der Waals surface area contributed by atoms with E-state index in [2.05, 4.69) is 21.2 Å². The van der Waals surface area contributed by atoms with Crippen molar-refractivity contribution in [3.63, 3.8) is 0 Å². The van der Waals surface area contributed by atoms with Crippen LogP contribution in [0.5, 0.6) is 0 Å². The van der Waals surface area contributed by atoms with E-state index < -0.39 is 5.54 Å². The van der Waals surface area contributed by atoms with Gasteiger partial charge in [0.05, 0.1) is 16.9 Å². The molecule has 0 aliphatic carbocycles. The van der Waals surface area contributed by atoms with Crippen LogP contribution in [-0.2, 0) is 0 Å². The molecule has 4 heteroatoms. The third-order valence-electron chi connectivity index (χ3n) is 2.06. The van der Waals surface area contributed by atoms with E-state index in [1.165, 1.54) is 0 Å². The summed E-state index contributed by atoms with van der Waals surface area (Å²) < 4.78 is 0. The molecule has 1 N–H and O–H groups in total. The minimum absolute atomic E-state index is 0.349. The summed E-state index contributed by atoms with van der Waals surface area (Å²) >= 11 is 5.96. The molecule has 0 amide bonds. The number of rotatable bonds is 2. The van der Waals surface area contributed by atoms with Gasteiger partial charge in [0.2, 0.25) is 0 Å². The predicted molar refractivity (Wildman–Crippen MR) is 63.1 cm³/mol. The first kappa shape index (κ1) is 11.8. The second kappa shape index (κ2) is 4.08. The fourth-order valence-corrected chi connectivity index (χ4v) is 1.20. The second-order valence-corrected chi connectivity index (χ2v) is 4.29. The van der Waals surface area contributed by atoms with Gasteiger partial charge >= 0.3 is 0 Å². The molecule has 0 spiro atoms. The van der Waals surface area contributed by atoms with Gasteiger partial charge in [-0.1, -0.05) is 17.5 Å². The second-order valence-electron chi connectivity index (χ2n) is 3.93. The Morgan fingerprint density at radius 3 is 2.33 bits per heavy atom. The molecular formula is C11H14ClN3. The van der Waals surface area contributed by atoms with Crippen molar-refractivity contribution in [1.29, 1.82) is 0 Å². The fraction of sp³-hybridized carbons (Fsp3) is 0.455. The highest BCUT2D eigenvalue weighted by atomic mass is 35.5. The molecule has 0 saturated heterocycles. The highest BCUT2D eigenvalue weighted by Gasteiger charge is 2.17. The lowest BCUT2D eigenvalue weighted by Crippen LogP contribution is -2.29. The Bertz CT molecular complexity index is 419. The number of hydrogen-bond donors (Lipinski definition) is 1. The molecule has 0 aliphatic heterocycles. The van der Waals surface area contributed by atoms with Crippen LogP contribution in [0, 0.1) is 26.2 Å². The van der Waals surface area contributed by atoms with E-state index in [0.717, 1.165) is 11.4 Å². The van der Waals surface area contributed by atoms with E-state index in [-0.39, 0.29) is 0 Å². The molecule has 0 unspecified atom stereocenters. The lowest BCUT2D eigenvalue weighted by Gasteiger charge is -2.21. The zero-order valence-electron chi connectivity index (χ0n) is 9.35. The summed E-state index contributed by atoms with van der Waals surface area (Å²) in [6.45, 7) is 7.50. The predicted octanol–water partition coefficient (Wildman–Crippen LogP) is 2.57. The Morgan fingerprint density at radius 1 is 1.27 bits per heavy atom. The van der Waals surface area contributed by atoms with Crippen molar-refractivity contribution in [3.8, 4) is 12.3 Å². The molecule has 1 heterocycles. The van der Waals surface area contributed by atoms with E-state index in [0.29, 0.717) is 11.0 Å². The van der Waals surface area contributed by atoms with Crippen molar-refractivity contribution in [3.05, 3.63) is 16.5 Å². The molecule has 80 valence electrons. The Hall–Kier alpha value is -1.27. The average molecular weight is 224 g/mol. The molecule has 1 rings (SSSR count). The third-order valence-corrected chi connectivity index (χ3v) is 2.32. The van der Waals surface area contributed by atoms with E-state index >= 15 is 0 Å². The number of anilines is 1. The normalized spacial score (nSPS) is 10.9. The topological polar surface area (TPSA) is 37.8 Å². The van der Waals surface area contributed by atoms with Gasteiger partial charge in [-0.15, -0.1) is 6.42 Å². The molecule has 0 atom stereocenters. The molecule has 15 heavy (non-hydrogen) atoms. The number of hydrogen-bond acceptors (Lipinski definition) is 3. The molecule has 0 fully saturated rings. The summed E-state index contributed by atoms with van der Waals surface area (Å²) in [6, 6.07) is 0. The molecular weight excluding hydrogens is 210 g/mol. The largest absolute Gasteiger partial charge is 0.352 e. The van der Waals surface area contributed by atoms with Gasteiger partial charge < -0.3 is 5.32 Å². The van der Waals surface area contributed by atoms with Crippen LogP contribution in [0.1, 0.15) is 25.2 Å². The molecule has 3 nitrogen and oxygen atoms in total. The first-order valence-corrected chi connectivity index (χ1v) is 5.00. The van der Waals surface area contributed by atoms with Gasteiger partial charge in [-0.05, 0) is 27.7 Å². The quantitative estimate of drug-likeness (QED) is 0.784. The third kappa shape index (κ3) is 2.84. The van der Waals surface area contributed by atoms with E-state index in [1.54, 1.807) is 0 Å². The van der Waals surface area contributed by atoms with Crippen LogP contribution < -0.4 is 5.32 Å². The van der Waals surface area contributed by atoms with Crippen LogP contribution in [0.15, 0.2) is 0 Å². The maximum absolute atomic E-state index is 5.96. The minimum atomic E-state index is -0.486. The van der Waals surface area contributed by atoms with Gasteiger partial charge in [0.15, 0.2) is 11.0 Å². The average Bonchev–Trinajstić information content (AvgIpc) is 2.14. The highest BCUT2D eigenvalue weighted by molar-refractivity contribution is 6.31. The molecule has 0 bridgehead atoms. The van der Waals surface area contributed by atoms with Crippen LogP contribution in [-0.4, -0.2) is 15.5 Å². The van der Waals surface area contributed by atoms with Gasteiger partial charge in [0.25, 0.3) is 0 Å².